The quantitative estimate of drug-likeness (QED) is 0.320. The Kier molecular flexibility index (Phi) is 12.2. The molecule has 0 saturated carbocycles. The summed E-state index contributed by atoms with van der Waals surface area (Å²) in [5.41, 5.74) is -0.263. The van der Waals surface area contributed by atoms with E-state index in [1.165, 1.54) is 6.92 Å². The molecule has 0 spiro atoms. The molecule has 216 valence electrons. The second-order valence-corrected chi connectivity index (χ2v) is 9.44. The monoisotopic (exact) mass is 561 g/mol. The van der Waals surface area contributed by atoms with Crippen molar-refractivity contribution in [3.63, 3.8) is 0 Å². The second kappa shape index (κ2) is 15.3. The highest BCUT2D eigenvalue weighted by Crippen LogP contribution is 2.14. The molecule has 0 aliphatic heterocycles. The minimum absolute atomic E-state index is 0.0136. The molecule has 0 bridgehead atoms. The second-order valence-electron chi connectivity index (χ2n) is 9.44. The summed E-state index contributed by atoms with van der Waals surface area (Å²) in [6, 6.07) is 8.22. The van der Waals surface area contributed by atoms with E-state index in [1.54, 1.807) is 30.3 Å². The number of methoxy groups -OCH3 is 1. The number of nitrogens with one attached hydrogen (secondary N) is 3. The molecule has 0 fully saturated rings. The number of benzene rings is 2. The van der Waals surface area contributed by atoms with Crippen LogP contribution in [0.3, 0.4) is 0 Å². The van der Waals surface area contributed by atoms with Crippen molar-refractivity contribution in [2.75, 3.05) is 13.7 Å². The van der Waals surface area contributed by atoms with Gasteiger partial charge in [0.2, 0.25) is 11.8 Å². The van der Waals surface area contributed by atoms with Crippen LogP contribution < -0.4 is 16.0 Å². The summed E-state index contributed by atoms with van der Waals surface area (Å²) in [5.74, 6) is -5.78. The summed E-state index contributed by atoms with van der Waals surface area (Å²) in [7, 11) is 1.14. The van der Waals surface area contributed by atoms with E-state index in [1.807, 2.05) is 13.8 Å². The van der Waals surface area contributed by atoms with Gasteiger partial charge in [0.1, 0.15) is 29.3 Å². The van der Waals surface area contributed by atoms with Gasteiger partial charge in [-0.2, -0.15) is 0 Å². The van der Waals surface area contributed by atoms with Crippen LogP contribution >= 0.6 is 0 Å². The summed E-state index contributed by atoms with van der Waals surface area (Å²) < 4.78 is 37.2. The summed E-state index contributed by atoms with van der Waals surface area (Å²) in [6.07, 6.45) is -0.610. The molecule has 40 heavy (non-hydrogen) atoms. The van der Waals surface area contributed by atoms with Crippen LogP contribution in [0.5, 0.6) is 0 Å². The fraction of sp³-hybridized carbons (Fsp3) is 0.393. The number of carbonyl (C=O) groups is 5. The molecular weight excluding hydrogens is 528 g/mol. The molecule has 3 atom stereocenters. The van der Waals surface area contributed by atoms with Crippen LogP contribution in [-0.2, 0) is 30.3 Å². The lowest BCUT2D eigenvalue weighted by Crippen LogP contribution is -2.56. The number of ether oxygens (including phenoxy) is 2. The number of amides is 3. The number of esters is 1. The van der Waals surface area contributed by atoms with Crippen molar-refractivity contribution in [3.8, 4) is 0 Å². The lowest BCUT2D eigenvalue weighted by molar-refractivity contribution is -0.133. The van der Waals surface area contributed by atoms with Crippen molar-refractivity contribution >= 4 is 29.7 Å². The van der Waals surface area contributed by atoms with Gasteiger partial charge in [0, 0.05) is 0 Å². The summed E-state index contributed by atoms with van der Waals surface area (Å²) in [4.78, 5) is 62.7. The van der Waals surface area contributed by atoms with Crippen LogP contribution in [0.15, 0.2) is 48.5 Å². The average molecular weight is 562 g/mol. The van der Waals surface area contributed by atoms with E-state index in [0.29, 0.717) is 5.56 Å². The Labute approximate surface area is 230 Å². The van der Waals surface area contributed by atoms with E-state index in [4.69, 9.17) is 4.74 Å². The molecule has 10 nitrogen and oxygen atoms in total. The van der Waals surface area contributed by atoms with Gasteiger partial charge >= 0.3 is 12.1 Å². The molecule has 2 unspecified atom stereocenters. The van der Waals surface area contributed by atoms with Gasteiger partial charge in [-0.05, 0) is 43.4 Å². The predicted molar refractivity (Wildman–Crippen MR) is 140 cm³/mol. The molecule has 0 saturated heterocycles. The number of Topliss-reactive ketones (excluding diaryl/α,β-unsaturated/α-hetero) is 1. The molecule has 0 heterocycles. The highest BCUT2D eigenvalue weighted by Gasteiger charge is 2.30. The largest absolute Gasteiger partial charge is 0.454 e. The van der Waals surface area contributed by atoms with Crippen molar-refractivity contribution in [3.05, 3.63) is 71.3 Å². The topological polar surface area (TPSA) is 140 Å². The van der Waals surface area contributed by atoms with Crippen molar-refractivity contribution in [2.24, 2.45) is 5.92 Å². The maximum Gasteiger partial charge on any atom is 0.407 e. The third-order valence-corrected chi connectivity index (χ3v) is 5.75. The van der Waals surface area contributed by atoms with Crippen molar-refractivity contribution in [2.45, 2.75) is 51.7 Å². The van der Waals surface area contributed by atoms with Gasteiger partial charge < -0.3 is 25.4 Å². The first-order valence-electron chi connectivity index (χ1n) is 12.6. The Hall–Kier alpha value is -4.35. The SMILES string of the molecule is COC(=O)N[C@H](C)C(=O)NC(CC(C)C)C(=O)NC(Cc1ccccc1)C(=O)COC(=O)c1c(F)cccc1F. The lowest BCUT2D eigenvalue weighted by Gasteiger charge is -2.25. The number of halogens is 2. The van der Waals surface area contributed by atoms with Crippen LogP contribution in [0.2, 0.25) is 0 Å². The van der Waals surface area contributed by atoms with Crippen LogP contribution in [0, 0.1) is 17.6 Å². The Balaban J connectivity index is 2.19. The van der Waals surface area contributed by atoms with Crippen LogP contribution in [0.1, 0.15) is 43.1 Å². The molecular formula is C28H33F2N3O7. The normalized spacial score (nSPS) is 13.0. The molecule has 0 radical (unpaired) electrons. The van der Waals surface area contributed by atoms with Gasteiger partial charge in [-0.1, -0.05) is 50.2 Å². The third kappa shape index (κ3) is 9.75. The van der Waals surface area contributed by atoms with E-state index in [-0.39, 0.29) is 18.8 Å². The maximum absolute atomic E-state index is 13.9. The van der Waals surface area contributed by atoms with E-state index in [0.717, 1.165) is 25.3 Å². The fourth-order valence-corrected chi connectivity index (χ4v) is 3.67. The first kappa shape index (κ1) is 31.9. The predicted octanol–water partition coefficient (Wildman–Crippen LogP) is 2.69. The van der Waals surface area contributed by atoms with E-state index < -0.39 is 71.6 Å². The maximum atomic E-state index is 13.9. The van der Waals surface area contributed by atoms with Gasteiger partial charge in [-0.25, -0.2) is 18.4 Å². The number of rotatable bonds is 13. The standard InChI is InChI=1S/C28H33F2N3O7/c1-16(2)13-22(33-25(35)17(3)31-28(38)39-4)26(36)32-21(14-18-9-6-5-7-10-18)23(34)15-40-27(37)24-19(29)11-8-12-20(24)30/h5-12,16-17,21-22H,13-15H2,1-4H3,(H,31,38)(H,32,36)(H,33,35)/t17-,21?,22?/m1/s1. The zero-order valence-electron chi connectivity index (χ0n) is 22.7. The van der Waals surface area contributed by atoms with Crippen molar-refractivity contribution in [1.29, 1.82) is 0 Å². The van der Waals surface area contributed by atoms with Gasteiger partial charge in [0.05, 0.1) is 13.2 Å². The van der Waals surface area contributed by atoms with Crippen LogP contribution in [0.4, 0.5) is 13.6 Å². The van der Waals surface area contributed by atoms with E-state index in [2.05, 4.69) is 20.7 Å². The third-order valence-electron chi connectivity index (χ3n) is 5.75. The van der Waals surface area contributed by atoms with Gasteiger partial charge in [-0.3, -0.25) is 14.4 Å². The number of hydrogen-bond donors (Lipinski definition) is 3. The first-order chi connectivity index (χ1) is 18.9. The Morgan fingerprint density at radius 1 is 0.800 bits per heavy atom. The first-order valence-corrected chi connectivity index (χ1v) is 12.6. The molecule has 3 amide bonds. The number of hydrogen-bond acceptors (Lipinski definition) is 7. The van der Waals surface area contributed by atoms with Crippen LogP contribution in [-0.4, -0.2) is 61.5 Å². The van der Waals surface area contributed by atoms with Crippen molar-refractivity contribution < 1.29 is 42.2 Å². The van der Waals surface area contributed by atoms with E-state index in [9.17, 15) is 32.8 Å². The van der Waals surface area contributed by atoms with E-state index >= 15 is 0 Å². The number of carbonyl (C=O) groups excluding carboxylic acids is 5. The minimum Gasteiger partial charge on any atom is -0.454 e. The summed E-state index contributed by atoms with van der Waals surface area (Å²) in [5, 5.41) is 7.47. The smallest absolute Gasteiger partial charge is 0.407 e. The number of alkyl carbamates (subject to hydrolysis) is 1. The van der Waals surface area contributed by atoms with Gasteiger partial charge in [0.15, 0.2) is 12.4 Å². The molecule has 2 aromatic carbocycles. The molecule has 0 aromatic heterocycles. The zero-order chi connectivity index (χ0) is 29.8. The molecule has 0 aliphatic carbocycles. The fourth-order valence-electron chi connectivity index (χ4n) is 3.67. The summed E-state index contributed by atoms with van der Waals surface area (Å²) >= 11 is 0. The average Bonchev–Trinajstić information content (AvgIpc) is 2.90. The molecule has 3 N–H and O–H groups in total. The Morgan fingerprint density at radius 3 is 1.98 bits per heavy atom. The highest BCUT2D eigenvalue weighted by molar-refractivity contribution is 5.96. The van der Waals surface area contributed by atoms with Crippen LogP contribution in [0.25, 0.3) is 0 Å². The Morgan fingerprint density at radius 2 is 1.40 bits per heavy atom. The minimum atomic E-state index is -1.37. The van der Waals surface area contributed by atoms with Crippen molar-refractivity contribution in [1.82, 2.24) is 16.0 Å². The van der Waals surface area contributed by atoms with Gasteiger partial charge in [0.25, 0.3) is 0 Å². The van der Waals surface area contributed by atoms with Gasteiger partial charge in [-0.15, -0.1) is 0 Å². The molecule has 2 rings (SSSR count). The summed E-state index contributed by atoms with van der Waals surface area (Å²) in [6.45, 7) is 4.20. The Bertz CT molecular complexity index is 1190. The zero-order valence-corrected chi connectivity index (χ0v) is 22.7. The lowest BCUT2D eigenvalue weighted by atomic mass is 9.99. The molecule has 0 aliphatic rings. The number of ketones is 1. The molecule has 12 heteroatoms. The highest BCUT2D eigenvalue weighted by atomic mass is 19.1. The molecule has 2 aromatic rings.